The van der Waals surface area contributed by atoms with Crippen molar-refractivity contribution in [3.63, 3.8) is 0 Å². The fraction of sp³-hybridized carbons (Fsp3) is 0.684. The number of unbranched alkanes of at least 4 members (excludes halogenated alkanes) is 3. The minimum atomic E-state index is 0.468. The Balaban J connectivity index is 1.88. The molecule has 0 aromatic heterocycles. The van der Waals surface area contributed by atoms with E-state index in [9.17, 15) is 0 Å². The van der Waals surface area contributed by atoms with Gasteiger partial charge in [0.2, 0.25) is 0 Å². The van der Waals surface area contributed by atoms with E-state index in [2.05, 4.69) is 48.3 Å². The van der Waals surface area contributed by atoms with Crippen molar-refractivity contribution in [2.75, 3.05) is 39.4 Å². The molecule has 3 heteroatoms. The topological polar surface area (TPSA) is 24.5 Å². The molecule has 0 bridgehead atoms. The predicted octanol–water partition coefficient (Wildman–Crippen LogP) is 3.54. The normalized spacial score (nSPS) is 17.5. The van der Waals surface area contributed by atoms with Gasteiger partial charge in [-0.1, -0.05) is 56.0 Å². The molecule has 2 rings (SSSR count). The first-order chi connectivity index (χ1) is 10.8. The molecule has 22 heavy (non-hydrogen) atoms. The number of nitrogens with zero attached hydrogens (tertiary/aromatic N) is 1. The highest BCUT2D eigenvalue weighted by Gasteiger charge is 2.22. The van der Waals surface area contributed by atoms with E-state index >= 15 is 0 Å². The number of nitrogens with one attached hydrogen (secondary N) is 1. The molecule has 1 atom stereocenters. The molecule has 0 saturated carbocycles. The van der Waals surface area contributed by atoms with Gasteiger partial charge in [0.05, 0.1) is 13.2 Å². The van der Waals surface area contributed by atoms with Gasteiger partial charge in [-0.05, 0) is 25.5 Å². The van der Waals surface area contributed by atoms with Crippen LogP contribution in [0.15, 0.2) is 24.3 Å². The van der Waals surface area contributed by atoms with Crippen LogP contribution >= 0.6 is 0 Å². The van der Waals surface area contributed by atoms with Crippen LogP contribution < -0.4 is 5.32 Å². The molecular formula is C19H32N2O. The van der Waals surface area contributed by atoms with Crippen molar-refractivity contribution in [3.05, 3.63) is 35.4 Å². The van der Waals surface area contributed by atoms with Crippen molar-refractivity contribution in [1.29, 1.82) is 0 Å². The van der Waals surface area contributed by atoms with Crippen LogP contribution in [0.4, 0.5) is 0 Å². The van der Waals surface area contributed by atoms with Crippen molar-refractivity contribution < 1.29 is 4.74 Å². The highest BCUT2D eigenvalue weighted by molar-refractivity contribution is 5.24. The van der Waals surface area contributed by atoms with Crippen LogP contribution in [0.3, 0.4) is 0 Å². The van der Waals surface area contributed by atoms with E-state index in [1.165, 1.54) is 36.8 Å². The maximum Gasteiger partial charge on any atom is 0.0594 e. The maximum atomic E-state index is 5.51. The van der Waals surface area contributed by atoms with Gasteiger partial charge in [0.15, 0.2) is 0 Å². The lowest BCUT2D eigenvalue weighted by molar-refractivity contribution is 0.0162. The first-order valence-corrected chi connectivity index (χ1v) is 8.90. The fourth-order valence-corrected chi connectivity index (χ4v) is 3.05. The molecule has 1 fully saturated rings. The minimum absolute atomic E-state index is 0.468. The largest absolute Gasteiger partial charge is 0.379 e. The van der Waals surface area contributed by atoms with Gasteiger partial charge in [0.1, 0.15) is 0 Å². The monoisotopic (exact) mass is 304 g/mol. The molecule has 0 spiro atoms. The molecule has 1 aromatic rings. The smallest absolute Gasteiger partial charge is 0.0594 e. The Bertz CT molecular complexity index is 398. The molecular weight excluding hydrogens is 272 g/mol. The minimum Gasteiger partial charge on any atom is -0.379 e. The van der Waals surface area contributed by atoms with Crippen LogP contribution in [0.25, 0.3) is 0 Å². The zero-order chi connectivity index (χ0) is 15.6. The quantitative estimate of drug-likeness (QED) is 0.706. The number of ether oxygens (including phenoxy) is 1. The highest BCUT2D eigenvalue weighted by Crippen LogP contribution is 2.21. The Morgan fingerprint density at radius 2 is 1.82 bits per heavy atom. The summed E-state index contributed by atoms with van der Waals surface area (Å²) in [6.07, 6.45) is 5.29. The van der Waals surface area contributed by atoms with Crippen LogP contribution in [0, 0.1) is 6.92 Å². The Morgan fingerprint density at radius 3 is 2.50 bits per heavy atom. The fourth-order valence-electron chi connectivity index (χ4n) is 3.05. The van der Waals surface area contributed by atoms with Crippen molar-refractivity contribution >= 4 is 0 Å². The van der Waals surface area contributed by atoms with E-state index in [0.29, 0.717) is 6.04 Å². The van der Waals surface area contributed by atoms with Crippen molar-refractivity contribution in [2.24, 2.45) is 0 Å². The average Bonchev–Trinajstić information content (AvgIpc) is 2.56. The lowest BCUT2D eigenvalue weighted by atomic mass is 10.0. The van der Waals surface area contributed by atoms with Gasteiger partial charge in [-0.3, -0.25) is 4.90 Å². The van der Waals surface area contributed by atoms with Crippen LogP contribution in [0.1, 0.15) is 49.8 Å². The van der Waals surface area contributed by atoms with E-state index in [1.807, 2.05) is 0 Å². The third-order valence-electron chi connectivity index (χ3n) is 4.49. The van der Waals surface area contributed by atoms with Gasteiger partial charge in [0, 0.05) is 25.7 Å². The van der Waals surface area contributed by atoms with Crippen molar-refractivity contribution in [1.82, 2.24) is 10.2 Å². The Kier molecular flexibility index (Phi) is 7.92. The van der Waals surface area contributed by atoms with E-state index in [4.69, 9.17) is 4.74 Å². The van der Waals surface area contributed by atoms with Gasteiger partial charge < -0.3 is 10.1 Å². The average molecular weight is 304 g/mol. The molecule has 1 N–H and O–H groups in total. The van der Waals surface area contributed by atoms with Crippen molar-refractivity contribution in [3.8, 4) is 0 Å². The van der Waals surface area contributed by atoms with Crippen molar-refractivity contribution in [2.45, 2.75) is 45.6 Å². The van der Waals surface area contributed by atoms with E-state index in [-0.39, 0.29) is 0 Å². The third kappa shape index (κ3) is 5.71. The SMILES string of the molecule is CCCCCCNCC(c1ccc(C)cc1)N1CCOCC1. The summed E-state index contributed by atoms with van der Waals surface area (Å²) in [7, 11) is 0. The lowest BCUT2D eigenvalue weighted by Gasteiger charge is -2.35. The standard InChI is InChI=1S/C19H32N2O/c1-3-4-5-6-11-20-16-19(21-12-14-22-15-13-21)18-9-7-17(2)8-10-18/h7-10,19-20H,3-6,11-16H2,1-2H3. The van der Waals surface area contributed by atoms with Crippen LogP contribution in [-0.2, 0) is 4.74 Å². The first-order valence-electron chi connectivity index (χ1n) is 8.90. The number of hydrogen-bond donors (Lipinski definition) is 1. The van der Waals surface area contributed by atoms with E-state index in [1.54, 1.807) is 0 Å². The summed E-state index contributed by atoms with van der Waals surface area (Å²) in [5, 5.41) is 3.67. The molecule has 1 aromatic carbocycles. The summed E-state index contributed by atoms with van der Waals surface area (Å²) in [4.78, 5) is 2.56. The summed E-state index contributed by atoms with van der Waals surface area (Å²) in [5.74, 6) is 0. The van der Waals surface area contributed by atoms with Gasteiger partial charge in [0.25, 0.3) is 0 Å². The molecule has 1 heterocycles. The number of hydrogen-bond acceptors (Lipinski definition) is 3. The van der Waals surface area contributed by atoms with E-state index < -0.39 is 0 Å². The van der Waals surface area contributed by atoms with Gasteiger partial charge in [-0.2, -0.15) is 0 Å². The van der Waals surface area contributed by atoms with Crippen LogP contribution in [-0.4, -0.2) is 44.3 Å². The molecule has 124 valence electrons. The second-order valence-electron chi connectivity index (χ2n) is 6.34. The molecule has 0 radical (unpaired) electrons. The number of aryl methyl sites for hydroxylation is 1. The number of rotatable bonds is 9. The molecule has 1 aliphatic heterocycles. The summed E-state index contributed by atoms with van der Waals surface area (Å²) < 4.78 is 5.51. The zero-order valence-corrected chi connectivity index (χ0v) is 14.3. The van der Waals surface area contributed by atoms with Crippen LogP contribution in [0.5, 0.6) is 0 Å². The number of benzene rings is 1. The summed E-state index contributed by atoms with van der Waals surface area (Å²) in [6.45, 7) is 10.4. The summed E-state index contributed by atoms with van der Waals surface area (Å²) >= 11 is 0. The van der Waals surface area contributed by atoms with Gasteiger partial charge in [-0.15, -0.1) is 0 Å². The third-order valence-corrected chi connectivity index (χ3v) is 4.49. The molecule has 0 amide bonds. The zero-order valence-electron chi connectivity index (χ0n) is 14.3. The second kappa shape index (κ2) is 9.98. The van der Waals surface area contributed by atoms with Gasteiger partial charge >= 0.3 is 0 Å². The summed E-state index contributed by atoms with van der Waals surface area (Å²) in [5.41, 5.74) is 2.76. The molecule has 1 unspecified atom stereocenters. The molecule has 1 aliphatic rings. The molecule has 0 aliphatic carbocycles. The number of morpholine rings is 1. The van der Waals surface area contributed by atoms with Gasteiger partial charge in [-0.25, -0.2) is 0 Å². The second-order valence-corrected chi connectivity index (χ2v) is 6.34. The Labute approximate surface area is 136 Å². The highest BCUT2D eigenvalue weighted by atomic mass is 16.5. The molecule has 3 nitrogen and oxygen atoms in total. The van der Waals surface area contributed by atoms with E-state index in [0.717, 1.165) is 39.4 Å². The predicted molar refractivity (Wildman–Crippen MR) is 93.3 cm³/mol. The summed E-state index contributed by atoms with van der Waals surface area (Å²) in [6, 6.07) is 9.49. The Hall–Kier alpha value is -0.900. The molecule has 1 saturated heterocycles. The maximum absolute atomic E-state index is 5.51. The Morgan fingerprint density at radius 1 is 1.09 bits per heavy atom. The lowest BCUT2D eigenvalue weighted by Crippen LogP contribution is -2.43. The van der Waals surface area contributed by atoms with Crippen LogP contribution in [0.2, 0.25) is 0 Å². The first kappa shape index (κ1) is 17.5.